The zero-order chi connectivity index (χ0) is 15.0. The summed E-state index contributed by atoms with van der Waals surface area (Å²) in [6.07, 6.45) is 0. The van der Waals surface area contributed by atoms with Gasteiger partial charge in [-0.3, -0.25) is 0 Å². The Morgan fingerprint density at radius 1 is 1.30 bits per heavy atom. The summed E-state index contributed by atoms with van der Waals surface area (Å²) in [4.78, 5) is 2.41. The van der Waals surface area contributed by atoms with E-state index in [0.717, 1.165) is 13.1 Å². The zero-order valence-corrected chi connectivity index (χ0v) is 14.4. The maximum atomic E-state index is 6.30. The Bertz CT molecular complexity index is 428. The first-order chi connectivity index (χ1) is 9.26. The van der Waals surface area contributed by atoms with Gasteiger partial charge < -0.3 is 15.0 Å². The topological polar surface area (TPSA) is 24.5 Å². The quantitative estimate of drug-likeness (QED) is 0.904. The first-order valence-corrected chi connectivity index (χ1v) is 8.27. The molecule has 1 fully saturated rings. The molecule has 1 aliphatic rings. The van der Waals surface area contributed by atoms with Crippen LogP contribution in [0, 0.1) is 5.92 Å². The third-order valence-electron chi connectivity index (χ3n) is 4.42. The van der Waals surface area contributed by atoms with E-state index in [9.17, 15) is 0 Å². The molecule has 2 rings (SSSR count). The fraction of sp³-hybridized carbons (Fsp3) is 0.750. The molecule has 114 valence electrons. The Balaban J connectivity index is 2.06. The molecule has 1 aliphatic heterocycles. The van der Waals surface area contributed by atoms with Crippen LogP contribution in [0.1, 0.15) is 33.3 Å². The molecule has 2 heterocycles. The van der Waals surface area contributed by atoms with Crippen molar-refractivity contribution < 1.29 is 4.74 Å². The highest BCUT2D eigenvalue weighted by atomic mass is 32.1. The van der Waals surface area contributed by atoms with Gasteiger partial charge in [0.1, 0.15) is 0 Å². The zero-order valence-electron chi connectivity index (χ0n) is 13.6. The molecule has 1 aromatic heterocycles. The molecule has 0 amide bonds. The highest BCUT2D eigenvalue weighted by molar-refractivity contribution is 7.07. The van der Waals surface area contributed by atoms with Crippen molar-refractivity contribution in [3.63, 3.8) is 0 Å². The molecule has 4 heteroatoms. The molecule has 0 spiro atoms. The van der Waals surface area contributed by atoms with Crippen LogP contribution in [0.2, 0.25) is 0 Å². The molecule has 0 bridgehead atoms. The number of hydrogen-bond donors (Lipinski definition) is 1. The average molecular weight is 296 g/mol. The van der Waals surface area contributed by atoms with Gasteiger partial charge in [-0.1, -0.05) is 0 Å². The first-order valence-electron chi connectivity index (χ1n) is 7.33. The van der Waals surface area contributed by atoms with E-state index in [1.807, 2.05) is 7.05 Å². The molecule has 3 nitrogen and oxygen atoms in total. The summed E-state index contributed by atoms with van der Waals surface area (Å²) in [6.45, 7) is 10.9. The van der Waals surface area contributed by atoms with E-state index >= 15 is 0 Å². The molecule has 0 radical (unpaired) electrons. The molecule has 2 atom stereocenters. The lowest BCUT2D eigenvalue weighted by Crippen LogP contribution is -2.49. The maximum absolute atomic E-state index is 6.30. The molecule has 1 aromatic rings. The number of nitrogens with one attached hydrogen (secondary N) is 1. The fourth-order valence-corrected chi connectivity index (χ4v) is 4.33. The fourth-order valence-electron chi connectivity index (χ4n) is 3.67. The van der Waals surface area contributed by atoms with Crippen LogP contribution in [0.15, 0.2) is 16.8 Å². The van der Waals surface area contributed by atoms with Crippen LogP contribution in [-0.2, 0) is 11.3 Å². The van der Waals surface area contributed by atoms with E-state index in [-0.39, 0.29) is 11.2 Å². The van der Waals surface area contributed by atoms with E-state index in [1.54, 1.807) is 11.3 Å². The summed E-state index contributed by atoms with van der Waals surface area (Å²) >= 11 is 1.77. The minimum atomic E-state index is -0.119. The number of rotatable bonds is 5. The lowest BCUT2D eigenvalue weighted by Gasteiger charge is -2.32. The van der Waals surface area contributed by atoms with Gasteiger partial charge in [-0.2, -0.15) is 11.3 Å². The smallest absolute Gasteiger partial charge is 0.0790 e. The Hall–Kier alpha value is -0.420. The van der Waals surface area contributed by atoms with Crippen molar-refractivity contribution >= 4 is 11.3 Å². The average Bonchev–Trinajstić information content (AvgIpc) is 2.84. The van der Waals surface area contributed by atoms with Crippen LogP contribution in [0.5, 0.6) is 0 Å². The minimum Gasteiger partial charge on any atom is -0.368 e. The summed E-state index contributed by atoms with van der Waals surface area (Å²) in [5.41, 5.74) is 1.18. The van der Waals surface area contributed by atoms with Gasteiger partial charge in [0.05, 0.1) is 11.2 Å². The van der Waals surface area contributed by atoms with Gasteiger partial charge in [-0.05, 0) is 64.2 Å². The molecular weight excluding hydrogens is 268 g/mol. The molecule has 20 heavy (non-hydrogen) atoms. The number of nitrogens with zero attached hydrogens (tertiary/aromatic N) is 1. The standard InChI is InChI=1S/C16H28N2OS/c1-15(2)13(14(17-5)16(3,4)19-15)10-18(6)9-12-7-8-20-11-12/h7-8,11,13-14,17H,9-10H2,1-6H3. The summed E-state index contributed by atoms with van der Waals surface area (Å²) in [6, 6.07) is 2.58. The SMILES string of the molecule is CNC1C(CN(C)Cc2ccsc2)C(C)(C)OC1(C)C. The van der Waals surface area contributed by atoms with Crippen molar-refractivity contribution in [2.24, 2.45) is 5.92 Å². The second-order valence-electron chi connectivity index (χ2n) is 7.01. The van der Waals surface area contributed by atoms with Crippen molar-refractivity contribution in [1.29, 1.82) is 0 Å². The summed E-state index contributed by atoms with van der Waals surface area (Å²) < 4.78 is 6.30. The Kier molecular flexibility index (Phi) is 4.59. The van der Waals surface area contributed by atoms with Crippen molar-refractivity contribution in [2.75, 3.05) is 20.6 Å². The largest absolute Gasteiger partial charge is 0.368 e. The van der Waals surface area contributed by atoms with E-state index in [1.165, 1.54) is 5.56 Å². The third-order valence-corrected chi connectivity index (χ3v) is 5.15. The normalized spacial score (nSPS) is 28.1. The predicted octanol–water partition coefficient (Wildman–Crippen LogP) is 2.97. The number of thiophene rings is 1. The van der Waals surface area contributed by atoms with Crippen molar-refractivity contribution in [3.8, 4) is 0 Å². The van der Waals surface area contributed by atoms with Crippen molar-refractivity contribution in [3.05, 3.63) is 22.4 Å². The van der Waals surface area contributed by atoms with Gasteiger partial charge >= 0.3 is 0 Å². The van der Waals surface area contributed by atoms with E-state index in [4.69, 9.17) is 4.74 Å². The minimum absolute atomic E-state index is 0.0971. The van der Waals surface area contributed by atoms with Gasteiger partial charge in [0.2, 0.25) is 0 Å². The van der Waals surface area contributed by atoms with Crippen LogP contribution in [0.3, 0.4) is 0 Å². The highest BCUT2D eigenvalue weighted by Gasteiger charge is 2.53. The van der Waals surface area contributed by atoms with Gasteiger partial charge in [0.15, 0.2) is 0 Å². The van der Waals surface area contributed by atoms with E-state index in [2.05, 4.69) is 61.8 Å². The maximum Gasteiger partial charge on any atom is 0.0790 e. The lowest BCUT2D eigenvalue weighted by atomic mass is 9.82. The molecule has 0 saturated carbocycles. The molecule has 0 aliphatic carbocycles. The number of hydrogen-bond acceptors (Lipinski definition) is 4. The summed E-state index contributed by atoms with van der Waals surface area (Å²) in [5, 5.41) is 7.85. The van der Waals surface area contributed by atoms with Crippen LogP contribution in [0.25, 0.3) is 0 Å². The van der Waals surface area contributed by atoms with E-state index < -0.39 is 0 Å². The van der Waals surface area contributed by atoms with Crippen molar-refractivity contribution in [1.82, 2.24) is 10.2 Å². The molecular formula is C16H28N2OS. The van der Waals surface area contributed by atoms with Crippen LogP contribution >= 0.6 is 11.3 Å². The number of likely N-dealkylation sites (N-methyl/N-ethyl adjacent to an activating group) is 1. The molecule has 2 unspecified atom stereocenters. The Morgan fingerprint density at radius 3 is 2.55 bits per heavy atom. The summed E-state index contributed by atoms with van der Waals surface area (Å²) in [7, 11) is 4.24. The van der Waals surface area contributed by atoms with Crippen LogP contribution in [-0.4, -0.2) is 42.8 Å². The van der Waals surface area contributed by atoms with Gasteiger partial charge in [0.25, 0.3) is 0 Å². The van der Waals surface area contributed by atoms with Gasteiger partial charge in [0, 0.05) is 25.0 Å². The monoisotopic (exact) mass is 296 g/mol. The van der Waals surface area contributed by atoms with E-state index in [0.29, 0.717) is 12.0 Å². The van der Waals surface area contributed by atoms with Crippen LogP contribution in [0.4, 0.5) is 0 Å². The van der Waals surface area contributed by atoms with Gasteiger partial charge in [-0.25, -0.2) is 0 Å². The second kappa shape index (κ2) is 5.76. The first kappa shape index (κ1) is 16.0. The molecule has 0 aromatic carbocycles. The Morgan fingerprint density at radius 2 is 2.00 bits per heavy atom. The second-order valence-corrected chi connectivity index (χ2v) is 7.79. The molecule has 1 N–H and O–H groups in total. The summed E-state index contributed by atoms with van der Waals surface area (Å²) in [5.74, 6) is 0.478. The number of ether oxygens (including phenoxy) is 1. The van der Waals surface area contributed by atoms with Crippen LogP contribution < -0.4 is 5.32 Å². The van der Waals surface area contributed by atoms with Gasteiger partial charge in [-0.15, -0.1) is 0 Å². The lowest BCUT2D eigenvalue weighted by molar-refractivity contribution is -0.0791. The van der Waals surface area contributed by atoms with Crippen molar-refractivity contribution in [2.45, 2.75) is 51.5 Å². The third kappa shape index (κ3) is 3.25. The molecule has 1 saturated heterocycles. The Labute approximate surface area is 127 Å². The highest BCUT2D eigenvalue weighted by Crippen LogP contribution is 2.42. The predicted molar refractivity (Wildman–Crippen MR) is 86.2 cm³/mol.